The minimum Gasteiger partial charge on any atom is -1.00 e. The minimum atomic E-state index is -0.0998. The number of esters is 2. The van der Waals surface area contributed by atoms with E-state index in [4.69, 9.17) is 9.47 Å². The second-order valence-corrected chi connectivity index (χ2v) is 16.7. The summed E-state index contributed by atoms with van der Waals surface area (Å²) in [5.41, 5.74) is 0.377. The van der Waals surface area contributed by atoms with E-state index in [-0.39, 0.29) is 63.5 Å². The molecule has 0 aromatic heterocycles. The molecule has 2 aliphatic heterocycles. The highest BCUT2D eigenvalue weighted by Gasteiger charge is 2.68. The summed E-state index contributed by atoms with van der Waals surface area (Å²) in [5, 5.41) is 0. The average Bonchev–Trinajstić information content (AvgIpc) is 3.21. The summed E-state index contributed by atoms with van der Waals surface area (Å²) in [6.45, 7) is 13.3. The lowest BCUT2D eigenvalue weighted by Crippen LogP contribution is -3.00. The van der Waals surface area contributed by atoms with Crippen molar-refractivity contribution in [1.29, 1.82) is 0 Å². The molecule has 0 N–H and O–H groups in total. The highest BCUT2D eigenvalue weighted by atomic mass is 79.9. The monoisotopic (exact) mass is 730 g/mol. The van der Waals surface area contributed by atoms with E-state index >= 15 is 0 Å². The van der Waals surface area contributed by atoms with Crippen molar-refractivity contribution in [3.8, 4) is 0 Å². The number of piperidine rings is 2. The molecule has 0 radical (unpaired) electrons. The molecular weight excluding hydrogens is 672 g/mol. The van der Waals surface area contributed by atoms with E-state index < -0.39 is 0 Å². The predicted octanol–water partition coefficient (Wildman–Crippen LogP) is 0.119. The molecule has 0 aromatic carbocycles. The molecule has 4 saturated carbocycles. The predicted molar refractivity (Wildman–Crippen MR) is 161 cm³/mol. The normalized spacial score (nSPS) is 44.7. The number of ether oxygens (including phenoxy) is 2. The molecule has 4 aliphatic carbocycles. The van der Waals surface area contributed by atoms with Crippen LogP contribution in [-0.2, 0) is 19.1 Å². The molecule has 6 rings (SSSR count). The number of hydrogen-bond donors (Lipinski definition) is 0. The Bertz CT molecular complexity index is 1010. The quantitative estimate of drug-likeness (QED) is 0.305. The number of fused-ring (bicyclic) bond motifs is 5. The van der Waals surface area contributed by atoms with Crippen molar-refractivity contribution < 1.29 is 62.0 Å². The van der Waals surface area contributed by atoms with E-state index in [0.717, 1.165) is 21.3 Å². The number of halogens is 2. The van der Waals surface area contributed by atoms with Crippen molar-refractivity contribution in [3.05, 3.63) is 0 Å². The Labute approximate surface area is 283 Å². The topological polar surface area (TPSA) is 52.6 Å². The first kappa shape index (κ1) is 35.7. The third kappa shape index (κ3) is 6.15. The summed E-state index contributed by atoms with van der Waals surface area (Å²) in [6, 6.07) is 0.846. The summed E-state index contributed by atoms with van der Waals surface area (Å²) < 4.78 is 14.7. The molecule has 8 unspecified atom stereocenters. The maximum Gasteiger partial charge on any atom is 0.303 e. The van der Waals surface area contributed by atoms with Gasteiger partial charge in [0.1, 0.15) is 12.1 Å². The summed E-state index contributed by atoms with van der Waals surface area (Å²) in [7, 11) is 4.94. The molecule has 2 saturated heterocycles. The smallest absolute Gasteiger partial charge is 0.303 e. The molecule has 2 heterocycles. The number of likely N-dealkylation sites (N-methyl/N-ethyl adjacent to an activating group) is 2. The van der Waals surface area contributed by atoms with Crippen LogP contribution < -0.4 is 34.0 Å². The second kappa shape index (κ2) is 13.1. The number of likely N-dealkylation sites (tertiary alicyclic amines) is 2. The van der Waals surface area contributed by atoms with Crippen LogP contribution in [0.15, 0.2) is 0 Å². The molecule has 248 valence electrons. The van der Waals surface area contributed by atoms with Gasteiger partial charge in [0.25, 0.3) is 0 Å². The Morgan fingerprint density at radius 2 is 1.23 bits per heavy atom. The lowest BCUT2D eigenvalue weighted by molar-refractivity contribution is -0.943. The maximum atomic E-state index is 12.5. The third-order valence-corrected chi connectivity index (χ3v) is 14.5. The van der Waals surface area contributed by atoms with Crippen LogP contribution in [0.25, 0.3) is 0 Å². The molecule has 0 amide bonds. The van der Waals surface area contributed by atoms with E-state index in [9.17, 15) is 9.59 Å². The molecule has 6 nitrogen and oxygen atoms in total. The van der Waals surface area contributed by atoms with E-state index in [2.05, 4.69) is 27.9 Å². The van der Waals surface area contributed by atoms with E-state index in [1.807, 2.05) is 0 Å². The number of carbonyl (C=O) groups is 2. The Balaban J connectivity index is 0.00000212. The van der Waals surface area contributed by atoms with Gasteiger partial charge in [-0.25, -0.2) is 0 Å². The number of carbonyl (C=O) groups excluding carboxylic acids is 2. The van der Waals surface area contributed by atoms with Gasteiger partial charge in [0, 0.05) is 32.1 Å². The van der Waals surface area contributed by atoms with Gasteiger partial charge in [0.2, 0.25) is 0 Å². The fourth-order valence-corrected chi connectivity index (χ4v) is 12.3. The Hall–Kier alpha value is -0.180. The van der Waals surface area contributed by atoms with Crippen LogP contribution in [-0.4, -0.2) is 85.5 Å². The first-order valence-electron chi connectivity index (χ1n) is 17.4. The molecule has 0 spiro atoms. The lowest BCUT2D eigenvalue weighted by atomic mass is 9.44. The highest BCUT2D eigenvalue weighted by Crippen LogP contribution is 2.68. The zero-order chi connectivity index (χ0) is 29.2. The Kier molecular flexibility index (Phi) is 10.9. The molecule has 6 aliphatic rings. The standard InChI is InChI=1S/C35H60N2O4.2BrH/c1-24(38)40-32-21-26-13-14-27-28(35(26,4)23-31(32)37(6)19-11-8-12-20-37)15-16-34(3)29(27)22-30(33(34)41-25(2)39)36(5)17-9-7-10-18-36;;/h26-33H,7-23H2,1-6H3;2*1H/q+2;;/p-2/t26?,27?,28?,29?,30?,31?,32?,33?,34-,35-;;/m0../s1. The van der Waals surface area contributed by atoms with Gasteiger partial charge in [-0.3, -0.25) is 9.59 Å². The van der Waals surface area contributed by atoms with Crippen molar-refractivity contribution >= 4 is 11.9 Å². The van der Waals surface area contributed by atoms with Crippen LogP contribution in [0, 0.1) is 34.5 Å². The van der Waals surface area contributed by atoms with E-state index in [0.29, 0.717) is 35.3 Å². The molecule has 43 heavy (non-hydrogen) atoms. The Morgan fingerprint density at radius 3 is 1.79 bits per heavy atom. The van der Waals surface area contributed by atoms with Crippen LogP contribution in [0.2, 0.25) is 0 Å². The zero-order valence-corrected chi connectivity index (χ0v) is 31.1. The number of rotatable bonds is 4. The van der Waals surface area contributed by atoms with Crippen LogP contribution in [0.5, 0.6) is 0 Å². The van der Waals surface area contributed by atoms with Crippen molar-refractivity contribution in [1.82, 2.24) is 0 Å². The number of nitrogens with zero attached hydrogens (tertiary/aromatic N) is 2. The van der Waals surface area contributed by atoms with Crippen LogP contribution in [0.3, 0.4) is 0 Å². The first-order chi connectivity index (χ1) is 19.4. The fourth-order valence-electron chi connectivity index (χ4n) is 12.3. The minimum absolute atomic E-state index is 0. The van der Waals surface area contributed by atoms with E-state index in [1.165, 1.54) is 103 Å². The van der Waals surface area contributed by atoms with Gasteiger partial charge in [-0.2, -0.15) is 0 Å². The van der Waals surface area contributed by atoms with Crippen LogP contribution in [0.4, 0.5) is 0 Å². The number of quaternary nitrogens is 2. The van der Waals surface area contributed by atoms with Gasteiger partial charge < -0.3 is 52.4 Å². The van der Waals surface area contributed by atoms with Crippen molar-refractivity contribution in [3.63, 3.8) is 0 Å². The van der Waals surface area contributed by atoms with Gasteiger partial charge in [0.15, 0.2) is 12.2 Å². The summed E-state index contributed by atoms with van der Waals surface area (Å²) >= 11 is 0. The molecule has 10 atom stereocenters. The van der Waals surface area contributed by atoms with Gasteiger partial charge in [0.05, 0.1) is 40.3 Å². The molecule has 8 heteroatoms. The van der Waals surface area contributed by atoms with Gasteiger partial charge in [-0.05, 0) is 99.7 Å². The molecule has 6 fully saturated rings. The summed E-state index contributed by atoms with van der Waals surface area (Å²) in [5.74, 6) is 2.52. The number of hydrogen-bond acceptors (Lipinski definition) is 4. The van der Waals surface area contributed by atoms with Gasteiger partial charge >= 0.3 is 11.9 Å². The van der Waals surface area contributed by atoms with E-state index in [1.54, 1.807) is 13.8 Å². The van der Waals surface area contributed by atoms with Crippen LogP contribution in [0.1, 0.15) is 111 Å². The molecule has 0 bridgehead atoms. The van der Waals surface area contributed by atoms with Crippen molar-refractivity contribution in [2.45, 2.75) is 135 Å². The van der Waals surface area contributed by atoms with Gasteiger partial charge in [-0.15, -0.1) is 0 Å². The summed E-state index contributed by atoms with van der Waals surface area (Å²) in [6.07, 6.45) is 16.4. The van der Waals surface area contributed by atoms with Crippen LogP contribution >= 0.6 is 0 Å². The zero-order valence-electron chi connectivity index (χ0n) is 27.9. The largest absolute Gasteiger partial charge is 1.00 e. The van der Waals surface area contributed by atoms with Crippen molar-refractivity contribution in [2.75, 3.05) is 40.3 Å². The lowest BCUT2D eigenvalue weighted by Gasteiger charge is -2.63. The highest BCUT2D eigenvalue weighted by molar-refractivity contribution is 5.66. The molecular formula is C35H60Br2N2O4. The fraction of sp³-hybridized carbons (Fsp3) is 0.943. The third-order valence-electron chi connectivity index (χ3n) is 14.5. The summed E-state index contributed by atoms with van der Waals surface area (Å²) in [4.78, 5) is 24.8. The first-order valence-corrected chi connectivity index (χ1v) is 17.4. The molecule has 0 aromatic rings. The maximum absolute atomic E-state index is 12.5. The second-order valence-electron chi connectivity index (χ2n) is 16.7. The SMILES string of the molecule is CC(=O)OC1CC2CCC3C(CC[C@@]4(C)C3CC([N+]3(C)CCCCC3)C4OC(C)=O)[C@@]2(C)CC1[N+]1(C)CCCCC1.[Br-].[Br-]. The average molecular weight is 733 g/mol. The Morgan fingerprint density at radius 1 is 0.674 bits per heavy atom. The van der Waals surface area contributed by atoms with Crippen molar-refractivity contribution in [2.24, 2.45) is 34.5 Å². The van der Waals surface area contributed by atoms with Gasteiger partial charge in [-0.1, -0.05) is 13.8 Å².